The molecule has 104 valence electrons. The molecule has 4 rings (SSSR count). The third-order valence-electron chi connectivity index (χ3n) is 3.03. The van der Waals surface area contributed by atoms with E-state index in [1.165, 1.54) is 0 Å². The van der Waals surface area contributed by atoms with Crippen LogP contribution in [0.4, 0.5) is 17.5 Å². The van der Waals surface area contributed by atoms with E-state index in [1.807, 2.05) is 23.7 Å². The Morgan fingerprint density at radius 2 is 2.19 bits per heavy atom. The average Bonchev–Trinajstić information content (AvgIpc) is 3.14. The van der Waals surface area contributed by atoms with Gasteiger partial charge in [-0.05, 0) is 18.2 Å². The van der Waals surface area contributed by atoms with E-state index in [4.69, 9.17) is 5.84 Å². The number of aromatic amines is 1. The highest BCUT2D eigenvalue weighted by molar-refractivity contribution is 7.16. The number of nitrogens with zero attached hydrogens (tertiary/aromatic N) is 4. The van der Waals surface area contributed by atoms with E-state index in [-0.39, 0.29) is 0 Å². The quantitative estimate of drug-likeness (QED) is 0.337. The first-order chi connectivity index (χ1) is 10.3. The third kappa shape index (κ3) is 2.04. The Morgan fingerprint density at radius 1 is 1.24 bits per heavy atom. The van der Waals surface area contributed by atoms with E-state index in [2.05, 4.69) is 35.9 Å². The summed E-state index contributed by atoms with van der Waals surface area (Å²) in [6, 6.07) is 5.94. The zero-order valence-corrected chi connectivity index (χ0v) is 11.5. The van der Waals surface area contributed by atoms with Crippen LogP contribution in [0.3, 0.4) is 0 Å². The number of anilines is 3. The minimum Gasteiger partial charge on any atom is -0.339 e. The number of fused-ring (bicyclic) bond motifs is 2. The summed E-state index contributed by atoms with van der Waals surface area (Å²) in [4.78, 5) is 12.8. The van der Waals surface area contributed by atoms with Crippen LogP contribution in [0.15, 0.2) is 29.9 Å². The van der Waals surface area contributed by atoms with Gasteiger partial charge in [-0.3, -0.25) is 10.5 Å². The lowest BCUT2D eigenvalue weighted by Crippen LogP contribution is -2.11. The van der Waals surface area contributed by atoms with E-state index >= 15 is 0 Å². The highest BCUT2D eigenvalue weighted by atomic mass is 32.1. The van der Waals surface area contributed by atoms with Crippen LogP contribution in [-0.2, 0) is 0 Å². The summed E-state index contributed by atoms with van der Waals surface area (Å²) in [7, 11) is 0. The van der Waals surface area contributed by atoms with E-state index in [0.717, 1.165) is 21.3 Å². The number of aromatic nitrogens is 5. The summed E-state index contributed by atoms with van der Waals surface area (Å²) in [5.41, 5.74) is 6.77. The van der Waals surface area contributed by atoms with Gasteiger partial charge >= 0.3 is 0 Å². The monoisotopic (exact) mass is 298 g/mol. The molecule has 5 N–H and O–H groups in total. The molecule has 0 unspecified atom stereocenters. The Labute approximate surface area is 122 Å². The second kappa shape index (κ2) is 4.65. The molecule has 4 aromatic rings. The number of nitrogens with one attached hydrogen (secondary N) is 3. The maximum atomic E-state index is 5.39. The molecule has 3 aromatic heterocycles. The normalized spacial score (nSPS) is 11.1. The molecule has 8 nitrogen and oxygen atoms in total. The molecule has 3 heterocycles. The molecule has 0 aliphatic rings. The van der Waals surface area contributed by atoms with Crippen molar-refractivity contribution in [2.24, 2.45) is 5.84 Å². The number of hydrazine groups is 1. The molecular formula is C12H10N8S. The lowest BCUT2D eigenvalue weighted by atomic mass is 10.3. The number of hydrogen-bond donors (Lipinski definition) is 4. The molecule has 0 amide bonds. The molecular weight excluding hydrogens is 288 g/mol. The number of nitrogens with two attached hydrogens (primary N) is 1. The van der Waals surface area contributed by atoms with E-state index in [1.54, 1.807) is 17.5 Å². The van der Waals surface area contributed by atoms with Gasteiger partial charge in [0.2, 0.25) is 5.95 Å². The van der Waals surface area contributed by atoms with Crippen molar-refractivity contribution < 1.29 is 0 Å². The van der Waals surface area contributed by atoms with Crippen LogP contribution in [0.25, 0.3) is 21.3 Å². The Kier molecular flexibility index (Phi) is 2.66. The standard InChI is InChI=1S/C12H10N8S/c13-19-12-17-10(7-4-15-20-11(7)18-12)16-6-1-2-8-9(3-6)21-5-14-8/h1-5H,13H2,(H3,15,16,17,18,19,20). The summed E-state index contributed by atoms with van der Waals surface area (Å²) in [6.45, 7) is 0. The summed E-state index contributed by atoms with van der Waals surface area (Å²) in [6.07, 6.45) is 1.67. The van der Waals surface area contributed by atoms with Crippen molar-refractivity contribution in [2.45, 2.75) is 0 Å². The highest BCUT2D eigenvalue weighted by Gasteiger charge is 2.09. The fourth-order valence-electron chi connectivity index (χ4n) is 2.06. The van der Waals surface area contributed by atoms with Crippen LogP contribution in [0.2, 0.25) is 0 Å². The van der Waals surface area contributed by atoms with Crippen molar-refractivity contribution in [3.63, 3.8) is 0 Å². The summed E-state index contributed by atoms with van der Waals surface area (Å²) >= 11 is 1.59. The SMILES string of the molecule is NNc1nc(Nc2ccc3ncsc3c2)c2cn[nH]c2n1. The molecule has 0 fully saturated rings. The molecule has 0 atom stereocenters. The molecule has 1 aromatic carbocycles. The van der Waals surface area contributed by atoms with Gasteiger partial charge < -0.3 is 5.32 Å². The van der Waals surface area contributed by atoms with Gasteiger partial charge in [0.1, 0.15) is 5.82 Å². The first-order valence-corrected chi connectivity index (χ1v) is 6.99. The molecule has 0 aliphatic carbocycles. The molecule has 0 spiro atoms. The van der Waals surface area contributed by atoms with Crippen LogP contribution in [-0.4, -0.2) is 25.1 Å². The molecule has 0 bridgehead atoms. The van der Waals surface area contributed by atoms with E-state index < -0.39 is 0 Å². The number of hydrogen-bond acceptors (Lipinski definition) is 8. The van der Waals surface area contributed by atoms with Crippen molar-refractivity contribution in [1.82, 2.24) is 25.1 Å². The van der Waals surface area contributed by atoms with Crippen molar-refractivity contribution >= 4 is 50.0 Å². The predicted octanol–water partition coefficient (Wildman–Crippen LogP) is 1.99. The fraction of sp³-hybridized carbons (Fsp3) is 0. The molecule has 21 heavy (non-hydrogen) atoms. The maximum absolute atomic E-state index is 5.39. The molecule has 0 aliphatic heterocycles. The van der Waals surface area contributed by atoms with Gasteiger partial charge in [-0.1, -0.05) is 0 Å². The molecule has 0 radical (unpaired) electrons. The van der Waals surface area contributed by atoms with Crippen molar-refractivity contribution in [1.29, 1.82) is 0 Å². The fourth-order valence-corrected chi connectivity index (χ4v) is 2.78. The van der Waals surface area contributed by atoms with Crippen LogP contribution >= 0.6 is 11.3 Å². The van der Waals surface area contributed by atoms with Crippen molar-refractivity contribution in [2.75, 3.05) is 10.7 Å². The van der Waals surface area contributed by atoms with E-state index in [9.17, 15) is 0 Å². The van der Waals surface area contributed by atoms with Crippen LogP contribution in [0.5, 0.6) is 0 Å². The second-order valence-corrected chi connectivity index (χ2v) is 5.22. The lowest BCUT2D eigenvalue weighted by molar-refractivity contribution is 1.08. The minimum absolute atomic E-state index is 0.313. The number of thiazole rings is 1. The van der Waals surface area contributed by atoms with Gasteiger partial charge in [0.05, 0.1) is 27.3 Å². The van der Waals surface area contributed by atoms with Gasteiger partial charge in [-0.25, -0.2) is 10.8 Å². The zero-order chi connectivity index (χ0) is 14.2. The Morgan fingerprint density at radius 3 is 3.10 bits per heavy atom. The number of H-pyrrole nitrogens is 1. The van der Waals surface area contributed by atoms with Crippen LogP contribution < -0.4 is 16.6 Å². The zero-order valence-electron chi connectivity index (χ0n) is 10.7. The van der Waals surface area contributed by atoms with Gasteiger partial charge in [0.15, 0.2) is 5.65 Å². The maximum Gasteiger partial charge on any atom is 0.241 e. The molecule has 9 heteroatoms. The summed E-state index contributed by atoms with van der Waals surface area (Å²) < 4.78 is 1.11. The van der Waals surface area contributed by atoms with Gasteiger partial charge in [0.25, 0.3) is 0 Å². The van der Waals surface area contributed by atoms with Crippen molar-refractivity contribution in [3.05, 3.63) is 29.9 Å². The van der Waals surface area contributed by atoms with Gasteiger partial charge in [0, 0.05) is 5.69 Å². The number of nitrogen functional groups attached to an aromatic ring is 1. The molecule has 0 saturated heterocycles. The topological polar surface area (TPSA) is 117 Å². The highest BCUT2D eigenvalue weighted by Crippen LogP contribution is 2.27. The predicted molar refractivity (Wildman–Crippen MR) is 82.4 cm³/mol. The minimum atomic E-state index is 0.313. The Hall–Kier alpha value is -2.78. The number of benzene rings is 1. The lowest BCUT2D eigenvalue weighted by Gasteiger charge is -2.08. The van der Waals surface area contributed by atoms with Crippen LogP contribution in [0, 0.1) is 0 Å². The van der Waals surface area contributed by atoms with Crippen LogP contribution in [0.1, 0.15) is 0 Å². The number of rotatable bonds is 3. The Bertz CT molecular complexity index is 927. The second-order valence-electron chi connectivity index (χ2n) is 4.33. The first-order valence-electron chi connectivity index (χ1n) is 6.11. The average molecular weight is 298 g/mol. The van der Waals surface area contributed by atoms with Gasteiger partial charge in [-0.2, -0.15) is 15.1 Å². The largest absolute Gasteiger partial charge is 0.339 e. The summed E-state index contributed by atoms with van der Waals surface area (Å²) in [5.74, 6) is 6.33. The van der Waals surface area contributed by atoms with Crippen molar-refractivity contribution in [3.8, 4) is 0 Å². The third-order valence-corrected chi connectivity index (χ3v) is 3.82. The molecule has 0 saturated carbocycles. The smallest absolute Gasteiger partial charge is 0.241 e. The van der Waals surface area contributed by atoms with E-state index in [0.29, 0.717) is 17.4 Å². The summed E-state index contributed by atoms with van der Waals surface area (Å²) in [5, 5.41) is 10.8. The Balaban J connectivity index is 1.80. The van der Waals surface area contributed by atoms with Gasteiger partial charge in [-0.15, -0.1) is 11.3 Å². The first kappa shape index (κ1) is 12.0.